The molecule has 0 saturated carbocycles. The normalized spacial score (nSPS) is 11.3. The van der Waals surface area contributed by atoms with Crippen molar-refractivity contribution in [1.82, 2.24) is 5.32 Å². The number of esters is 1. The number of hydrogen-bond donors (Lipinski definition) is 1. The lowest BCUT2D eigenvalue weighted by molar-refractivity contribution is -0.384. The number of nitrogens with one attached hydrogen (secondary N) is 1. The van der Waals surface area contributed by atoms with Crippen molar-refractivity contribution in [2.75, 3.05) is 20.3 Å². The van der Waals surface area contributed by atoms with Crippen molar-refractivity contribution in [1.29, 1.82) is 0 Å². The van der Waals surface area contributed by atoms with Crippen LogP contribution in [0, 0.1) is 10.1 Å². The van der Waals surface area contributed by atoms with Crippen LogP contribution in [0.25, 0.3) is 0 Å². The summed E-state index contributed by atoms with van der Waals surface area (Å²) in [6, 6.07) is 13.2. The van der Waals surface area contributed by atoms with Gasteiger partial charge in [-0.1, -0.05) is 30.3 Å². The fraction of sp³-hybridized carbons (Fsp3) is 0.263. The zero-order valence-corrected chi connectivity index (χ0v) is 15.2. The first-order valence-electron chi connectivity index (χ1n) is 8.42. The van der Waals surface area contributed by atoms with Gasteiger partial charge in [-0.05, 0) is 17.7 Å². The second-order valence-electron chi connectivity index (χ2n) is 5.69. The van der Waals surface area contributed by atoms with E-state index in [1.807, 2.05) is 30.3 Å². The van der Waals surface area contributed by atoms with Crippen molar-refractivity contribution in [3.63, 3.8) is 0 Å². The lowest BCUT2D eigenvalue weighted by atomic mass is 10.1. The van der Waals surface area contributed by atoms with Crippen molar-refractivity contribution in [3.05, 3.63) is 70.3 Å². The molecule has 9 nitrogen and oxygen atoms in total. The SMILES string of the molecule is COCCOC(=O)C(Cc1ccccc1)NC(=O)Oc1ccc([N+](=O)[O-])cc1. The summed E-state index contributed by atoms with van der Waals surface area (Å²) in [7, 11) is 1.48. The van der Waals surface area contributed by atoms with Gasteiger partial charge in [0.05, 0.1) is 11.5 Å². The first-order valence-corrected chi connectivity index (χ1v) is 8.42. The van der Waals surface area contributed by atoms with Crippen LogP contribution < -0.4 is 10.1 Å². The number of nitro groups is 1. The largest absolute Gasteiger partial charge is 0.462 e. The lowest BCUT2D eigenvalue weighted by Crippen LogP contribution is -2.44. The third-order valence-corrected chi connectivity index (χ3v) is 3.65. The molecule has 0 aliphatic rings. The fourth-order valence-corrected chi connectivity index (χ4v) is 2.28. The van der Waals surface area contributed by atoms with E-state index in [1.54, 1.807) is 0 Å². The Kier molecular flexibility index (Phi) is 7.92. The van der Waals surface area contributed by atoms with Crippen LogP contribution in [-0.2, 0) is 20.7 Å². The summed E-state index contributed by atoms with van der Waals surface area (Å²) in [6.07, 6.45) is -0.666. The van der Waals surface area contributed by atoms with Crippen LogP contribution in [0.4, 0.5) is 10.5 Å². The zero-order chi connectivity index (χ0) is 20.4. The second kappa shape index (κ2) is 10.6. The van der Waals surface area contributed by atoms with E-state index in [1.165, 1.54) is 31.4 Å². The average Bonchev–Trinajstić information content (AvgIpc) is 2.68. The van der Waals surface area contributed by atoms with E-state index in [0.29, 0.717) is 0 Å². The third-order valence-electron chi connectivity index (χ3n) is 3.65. The van der Waals surface area contributed by atoms with E-state index >= 15 is 0 Å². The highest BCUT2D eigenvalue weighted by Crippen LogP contribution is 2.17. The third kappa shape index (κ3) is 6.69. The smallest absolute Gasteiger partial charge is 0.413 e. The predicted molar refractivity (Wildman–Crippen MR) is 99.0 cm³/mol. The standard InChI is InChI=1S/C19H20N2O7/c1-26-11-12-27-18(22)17(13-14-5-3-2-4-6-14)20-19(23)28-16-9-7-15(8-10-16)21(24)25/h2-10,17H,11-13H2,1H3,(H,20,23). The second-order valence-corrected chi connectivity index (χ2v) is 5.69. The molecule has 0 radical (unpaired) electrons. The molecule has 0 aliphatic carbocycles. The molecule has 1 amide bonds. The zero-order valence-electron chi connectivity index (χ0n) is 15.2. The molecule has 28 heavy (non-hydrogen) atoms. The Morgan fingerprint density at radius 1 is 1.07 bits per heavy atom. The first-order chi connectivity index (χ1) is 13.5. The number of hydrogen-bond acceptors (Lipinski definition) is 7. The molecule has 0 spiro atoms. The van der Waals surface area contributed by atoms with E-state index in [9.17, 15) is 19.7 Å². The first kappa shape index (κ1) is 20.8. The van der Waals surface area contributed by atoms with E-state index in [0.717, 1.165) is 5.56 Å². The quantitative estimate of drug-likeness (QED) is 0.303. The lowest BCUT2D eigenvalue weighted by Gasteiger charge is -2.17. The molecule has 148 valence electrons. The maximum Gasteiger partial charge on any atom is 0.413 e. The summed E-state index contributed by atoms with van der Waals surface area (Å²) in [5.41, 5.74) is 0.697. The molecule has 1 unspecified atom stereocenters. The highest BCUT2D eigenvalue weighted by Gasteiger charge is 2.24. The minimum absolute atomic E-state index is 0.0553. The number of methoxy groups -OCH3 is 1. The average molecular weight is 388 g/mol. The Bertz CT molecular complexity index is 794. The van der Waals surface area contributed by atoms with Gasteiger partial charge in [-0.25, -0.2) is 9.59 Å². The monoisotopic (exact) mass is 388 g/mol. The molecular formula is C19H20N2O7. The van der Waals surface area contributed by atoms with Crippen LogP contribution in [0.1, 0.15) is 5.56 Å². The minimum atomic E-state index is -0.968. The maximum absolute atomic E-state index is 12.3. The fourth-order valence-electron chi connectivity index (χ4n) is 2.28. The number of nitrogens with zero attached hydrogens (tertiary/aromatic N) is 1. The van der Waals surface area contributed by atoms with Crippen LogP contribution in [0.15, 0.2) is 54.6 Å². The van der Waals surface area contributed by atoms with Crippen molar-refractivity contribution in [3.8, 4) is 5.75 Å². The number of benzene rings is 2. The number of carbonyl (C=O) groups excluding carboxylic acids is 2. The summed E-state index contributed by atoms with van der Waals surface area (Å²) in [5, 5.41) is 13.1. The van der Waals surface area contributed by atoms with Crippen LogP contribution in [-0.4, -0.2) is 43.4 Å². The number of non-ortho nitro benzene ring substituents is 1. The van der Waals surface area contributed by atoms with Gasteiger partial charge in [0.1, 0.15) is 18.4 Å². The summed E-state index contributed by atoms with van der Waals surface area (Å²) in [5.74, 6) is -0.518. The predicted octanol–water partition coefficient (Wildman–Crippen LogP) is 2.48. The molecular weight excluding hydrogens is 368 g/mol. The summed E-state index contributed by atoms with van der Waals surface area (Å²) in [6.45, 7) is 0.288. The van der Waals surface area contributed by atoms with Gasteiger partial charge in [0.2, 0.25) is 0 Å². The Labute approximate surface area is 161 Å². The van der Waals surface area contributed by atoms with Gasteiger partial charge in [-0.2, -0.15) is 0 Å². The van der Waals surface area contributed by atoms with Crippen LogP contribution >= 0.6 is 0 Å². The van der Waals surface area contributed by atoms with Gasteiger partial charge >= 0.3 is 12.1 Å². The maximum atomic E-state index is 12.3. The van der Waals surface area contributed by atoms with Crippen molar-refractivity contribution in [2.24, 2.45) is 0 Å². The van der Waals surface area contributed by atoms with E-state index in [2.05, 4.69) is 5.32 Å². The molecule has 2 aromatic carbocycles. The van der Waals surface area contributed by atoms with Crippen molar-refractivity contribution >= 4 is 17.7 Å². The molecule has 0 bridgehead atoms. The molecule has 2 rings (SSSR count). The molecule has 9 heteroatoms. The summed E-state index contributed by atoms with van der Waals surface area (Å²) < 4.78 is 15.0. The summed E-state index contributed by atoms with van der Waals surface area (Å²) >= 11 is 0. The number of nitro benzene ring substituents is 1. The van der Waals surface area contributed by atoms with Gasteiger partial charge in [-0.15, -0.1) is 0 Å². The van der Waals surface area contributed by atoms with E-state index in [-0.39, 0.29) is 31.1 Å². The number of rotatable bonds is 9. The highest BCUT2D eigenvalue weighted by molar-refractivity contribution is 5.82. The summed E-state index contributed by atoms with van der Waals surface area (Å²) in [4.78, 5) is 34.6. The molecule has 0 aliphatic heterocycles. The van der Waals surface area contributed by atoms with Gasteiger partial charge in [0.15, 0.2) is 0 Å². The van der Waals surface area contributed by atoms with Crippen molar-refractivity contribution < 1.29 is 28.7 Å². The Hall–Kier alpha value is -3.46. The van der Waals surface area contributed by atoms with Crippen LogP contribution in [0.3, 0.4) is 0 Å². The Balaban J connectivity index is 2.01. The molecule has 0 fully saturated rings. The van der Waals surface area contributed by atoms with Gasteiger partial charge in [-0.3, -0.25) is 10.1 Å². The molecule has 0 saturated heterocycles. The Morgan fingerprint density at radius 3 is 2.36 bits per heavy atom. The minimum Gasteiger partial charge on any atom is -0.462 e. The molecule has 0 aromatic heterocycles. The van der Waals surface area contributed by atoms with Gasteiger partial charge < -0.3 is 19.5 Å². The number of ether oxygens (including phenoxy) is 3. The van der Waals surface area contributed by atoms with E-state index < -0.39 is 23.0 Å². The van der Waals surface area contributed by atoms with Gasteiger partial charge in [0, 0.05) is 25.7 Å². The van der Waals surface area contributed by atoms with E-state index in [4.69, 9.17) is 14.2 Å². The van der Waals surface area contributed by atoms with Crippen molar-refractivity contribution in [2.45, 2.75) is 12.5 Å². The molecule has 1 atom stereocenters. The molecule has 1 N–H and O–H groups in total. The molecule has 0 heterocycles. The number of carbonyl (C=O) groups is 2. The molecule has 2 aromatic rings. The van der Waals surface area contributed by atoms with Gasteiger partial charge in [0.25, 0.3) is 5.69 Å². The Morgan fingerprint density at radius 2 is 1.75 bits per heavy atom. The van der Waals surface area contributed by atoms with Crippen LogP contribution in [0.2, 0.25) is 0 Å². The highest BCUT2D eigenvalue weighted by atomic mass is 16.6. The van der Waals surface area contributed by atoms with Crippen LogP contribution in [0.5, 0.6) is 5.75 Å². The number of amides is 1. The topological polar surface area (TPSA) is 117 Å².